The Bertz CT molecular complexity index is 781. The number of fused-ring (bicyclic) bond motifs is 1. The molecular formula is C17H16N2O. The molecule has 0 aliphatic rings. The molecule has 0 saturated carbocycles. The second kappa shape index (κ2) is 4.85. The molecule has 0 fully saturated rings. The van der Waals surface area contributed by atoms with Gasteiger partial charge in [0.15, 0.2) is 0 Å². The fourth-order valence-electron chi connectivity index (χ4n) is 2.55. The van der Waals surface area contributed by atoms with Gasteiger partial charge in [0.05, 0.1) is 5.52 Å². The fraction of sp³-hybridized carbons (Fsp3) is 0.118. The number of para-hydroxylation sites is 1. The van der Waals surface area contributed by atoms with E-state index in [2.05, 4.69) is 11.9 Å². The molecule has 0 bridgehead atoms. The maximum absolute atomic E-state index is 9.64. The van der Waals surface area contributed by atoms with Gasteiger partial charge in [0, 0.05) is 22.8 Å². The van der Waals surface area contributed by atoms with Crippen molar-refractivity contribution in [3.05, 3.63) is 54.2 Å². The van der Waals surface area contributed by atoms with Crippen molar-refractivity contribution in [2.45, 2.75) is 13.3 Å². The first-order valence-corrected chi connectivity index (χ1v) is 6.66. The predicted molar refractivity (Wildman–Crippen MR) is 82.6 cm³/mol. The van der Waals surface area contributed by atoms with Gasteiger partial charge in [-0.15, -0.1) is 0 Å². The molecule has 0 aliphatic carbocycles. The average Bonchev–Trinajstić information content (AvgIpc) is 2.47. The maximum atomic E-state index is 9.64. The number of aryl methyl sites for hydroxylation is 1. The second-order valence-corrected chi connectivity index (χ2v) is 4.80. The van der Waals surface area contributed by atoms with Crippen LogP contribution < -0.4 is 5.73 Å². The lowest BCUT2D eigenvalue weighted by molar-refractivity contribution is 0.474. The molecule has 0 radical (unpaired) electrons. The first kappa shape index (κ1) is 12.5. The molecule has 0 amide bonds. The molecule has 1 aromatic heterocycles. The van der Waals surface area contributed by atoms with Crippen molar-refractivity contribution in [2.75, 3.05) is 5.73 Å². The van der Waals surface area contributed by atoms with Gasteiger partial charge in [-0.25, -0.2) is 0 Å². The zero-order valence-electron chi connectivity index (χ0n) is 11.3. The van der Waals surface area contributed by atoms with E-state index in [1.54, 1.807) is 18.3 Å². The summed E-state index contributed by atoms with van der Waals surface area (Å²) >= 11 is 0. The van der Waals surface area contributed by atoms with E-state index in [9.17, 15) is 5.11 Å². The van der Waals surface area contributed by atoms with Crippen LogP contribution in [0.15, 0.2) is 48.7 Å². The summed E-state index contributed by atoms with van der Waals surface area (Å²) < 4.78 is 0. The Morgan fingerprint density at radius 1 is 1.10 bits per heavy atom. The number of hydrogen-bond donors (Lipinski definition) is 2. The topological polar surface area (TPSA) is 59.1 Å². The van der Waals surface area contributed by atoms with Crippen molar-refractivity contribution in [1.29, 1.82) is 0 Å². The van der Waals surface area contributed by atoms with Gasteiger partial charge in [0.25, 0.3) is 0 Å². The second-order valence-electron chi connectivity index (χ2n) is 4.80. The molecule has 20 heavy (non-hydrogen) atoms. The number of nitrogens with two attached hydrogens (primary N) is 1. The molecule has 3 aromatic rings. The van der Waals surface area contributed by atoms with Gasteiger partial charge in [0.1, 0.15) is 5.75 Å². The number of pyridine rings is 1. The Labute approximate surface area is 117 Å². The molecule has 0 saturated heterocycles. The summed E-state index contributed by atoms with van der Waals surface area (Å²) in [7, 11) is 0. The summed E-state index contributed by atoms with van der Waals surface area (Å²) in [6.45, 7) is 2.07. The van der Waals surface area contributed by atoms with Crippen LogP contribution in [-0.4, -0.2) is 10.1 Å². The van der Waals surface area contributed by atoms with Crippen LogP contribution >= 0.6 is 0 Å². The summed E-state index contributed by atoms with van der Waals surface area (Å²) in [6, 6.07) is 13.3. The molecule has 0 aliphatic heterocycles. The monoisotopic (exact) mass is 264 g/mol. The molecular weight excluding hydrogens is 248 g/mol. The largest absolute Gasteiger partial charge is 0.508 e. The van der Waals surface area contributed by atoms with Gasteiger partial charge in [-0.3, -0.25) is 4.98 Å². The molecule has 1 heterocycles. The number of rotatable bonds is 2. The Morgan fingerprint density at radius 2 is 1.95 bits per heavy atom. The smallest absolute Gasteiger partial charge is 0.115 e. The number of phenolic OH excluding ortho intramolecular Hbond substituents is 1. The number of phenols is 1. The van der Waals surface area contributed by atoms with Crippen molar-refractivity contribution in [1.82, 2.24) is 4.98 Å². The molecule has 0 atom stereocenters. The van der Waals surface area contributed by atoms with Gasteiger partial charge in [-0.1, -0.05) is 31.2 Å². The molecule has 100 valence electrons. The summed E-state index contributed by atoms with van der Waals surface area (Å²) in [5.41, 5.74) is 10.9. The maximum Gasteiger partial charge on any atom is 0.115 e. The van der Waals surface area contributed by atoms with Crippen molar-refractivity contribution in [3.63, 3.8) is 0 Å². The first-order chi connectivity index (χ1) is 9.70. The zero-order valence-corrected chi connectivity index (χ0v) is 11.3. The molecule has 2 aromatic carbocycles. The number of hydrogen-bond acceptors (Lipinski definition) is 3. The quantitative estimate of drug-likeness (QED) is 0.741. The van der Waals surface area contributed by atoms with E-state index >= 15 is 0 Å². The zero-order chi connectivity index (χ0) is 14.1. The van der Waals surface area contributed by atoms with Crippen LogP contribution in [0.4, 0.5) is 5.69 Å². The summed E-state index contributed by atoms with van der Waals surface area (Å²) in [4.78, 5) is 4.47. The average molecular weight is 264 g/mol. The highest BCUT2D eigenvalue weighted by Gasteiger charge is 2.10. The molecule has 0 spiro atoms. The van der Waals surface area contributed by atoms with E-state index in [-0.39, 0.29) is 0 Å². The van der Waals surface area contributed by atoms with Gasteiger partial charge < -0.3 is 10.8 Å². The molecule has 3 rings (SSSR count). The van der Waals surface area contributed by atoms with E-state index in [1.807, 2.05) is 30.3 Å². The number of anilines is 1. The number of aromatic hydroxyl groups is 1. The van der Waals surface area contributed by atoms with Gasteiger partial charge >= 0.3 is 0 Å². The Morgan fingerprint density at radius 3 is 2.75 bits per heavy atom. The molecule has 3 N–H and O–H groups in total. The minimum atomic E-state index is 0.290. The van der Waals surface area contributed by atoms with Crippen LogP contribution in [0.2, 0.25) is 0 Å². The van der Waals surface area contributed by atoms with Crippen molar-refractivity contribution < 1.29 is 5.11 Å². The third kappa shape index (κ3) is 1.97. The van der Waals surface area contributed by atoms with Gasteiger partial charge in [0.2, 0.25) is 0 Å². The Kier molecular flexibility index (Phi) is 3.03. The standard InChI is InChI=1S/C17H16N2O/c1-2-11-10-12(20)6-7-13(11)14-4-3-5-15-16(18)8-9-19-17(14)15/h3-10,20H,2H2,1H3,(H2,18,19). The number of nitrogen functional groups attached to an aromatic ring is 1. The predicted octanol–water partition coefficient (Wildman–Crippen LogP) is 3.75. The summed E-state index contributed by atoms with van der Waals surface area (Å²) in [5, 5.41) is 10.6. The molecule has 3 heteroatoms. The lowest BCUT2D eigenvalue weighted by atomic mass is 9.95. The third-order valence-electron chi connectivity index (χ3n) is 3.56. The van der Waals surface area contributed by atoms with Gasteiger partial charge in [-0.05, 0) is 35.7 Å². The van der Waals surface area contributed by atoms with Crippen molar-refractivity contribution in [2.24, 2.45) is 0 Å². The minimum Gasteiger partial charge on any atom is -0.508 e. The van der Waals surface area contributed by atoms with Crippen molar-refractivity contribution in [3.8, 4) is 16.9 Å². The van der Waals surface area contributed by atoms with Crippen LogP contribution in [0.25, 0.3) is 22.0 Å². The fourth-order valence-corrected chi connectivity index (χ4v) is 2.55. The number of aromatic nitrogens is 1. The van der Waals surface area contributed by atoms with Crippen LogP contribution in [0, 0.1) is 0 Å². The number of nitrogens with zero attached hydrogens (tertiary/aromatic N) is 1. The lowest BCUT2D eigenvalue weighted by Crippen LogP contribution is -1.93. The Hall–Kier alpha value is -2.55. The molecule has 3 nitrogen and oxygen atoms in total. The summed E-state index contributed by atoms with van der Waals surface area (Å²) in [6.07, 6.45) is 2.58. The van der Waals surface area contributed by atoms with E-state index in [4.69, 9.17) is 5.73 Å². The van der Waals surface area contributed by atoms with Crippen molar-refractivity contribution >= 4 is 16.6 Å². The molecule has 0 unspecified atom stereocenters. The van der Waals surface area contributed by atoms with Crippen LogP contribution in [0.3, 0.4) is 0 Å². The summed E-state index contributed by atoms with van der Waals surface area (Å²) in [5.74, 6) is 0.290. The van der Waals surface area contributed by atoms with Crippen LogP contribution in [0.5, 0.6) is 5.75 Å². The number of benzene rings is 2. The third-order valence-corrected chi connectivity index (χ3v) is 3.56. The lowest BCUT2D eigenvalue weighted by Gasteiger charge is -2.11. The highest BCUT2D eigenvalue weighted by Crippen LogP contribution is 2.33. The first-order valence-electron chi connectivity index (χ1n) is 6.66. The Balaban J connectivity index is 2.33. The van der Waals surface area contributed by atoms with E-state index in [1.165, 1.54) is 0 Å². The van der Waals surface area contributed by atoms with E-state index < -0.39 is 0 Å². The minimum absolute atomic E-state index is 0.290. The van der Waals surface area contributed by atoms with Gasteiger partial charge in [-0.2, -0.15) is 0 Å². The normalized spacial score (nSPS) is 10.8. The van der Waals surface area contributed by atoms with Crippen LogP contribution in [0.1, 0.15) is 12.5 Å². The van der Waals surface area contributed by atoms with Crippen LogP contribution in [-0.2, 0) is 6.42 Å². The van der Waals surface area contributed by atoms with E-state index in [0.29, 0.717) is 5.75 Å². The highest BCUT2D eigenvalue weighted by atomic mass is 16.3. The SMILES string of the molecule is CCc1cc(O)ccc1-c1cccc2c(N)ccnc12. The van der Waals surface area contributed by atoms with E-state index in [0.717, 1.165) is 39.7 Å². The highest BCUT2D eigenvalue weighted by molar-refractivity contribution is 6.00.